The number of carbonyl (C=O) groups is 3. The molecule has 1 N–H and O–H groups in total. The fourth-order valence-electron chi connectivity index (χ4n) is 1.97. The number of carboxylic acid groups (broad SMARTS) is 1. The Morgan fingerprint density at radius 1 is 1.00 bits per heavy atom. The second-order valence-corrected chi connectivity index (χ2v) is 5.27. The lowest BCUT2D eigenvalue weighted by Gasteiger charge is -2.21. The molecule has 6 nitrogen and oxygen atoms in total. The first-order chi connectivity index (χ1) is 10.4. The summed E-state index contributed by atoms with van der Waals surface area (Å²) in [6.07, 6.45) is 0.867. The summed E-state index contributed by atoms with van der Waals surface area (Å²) in [6, 6.07) is 9.23. The molecule has 0 saturated heterocycles. The zero-order valence-corrected chi connectivity index (χ0v) is 13.0. The first-order valence-corrected chi connectivity index (χ1v) is 7.13. The van der Waals surface area contributed by atoms with Crippen LogP contribution in [0.25, 0.3) is 0 Å². The summed E-state index contributed by atoms with van der Waals surface area (Å²) in [5.74, 6) is -1.34. The largest absolute Gasteiger partial charge is 0.480 e. The van der Waals surface area contributed by atoms with E-state index in [9.17, 15) is 14.4 Å². The van der Waals surface area contributed by atoms with Gasteiger partial charge in [0.15, 0.2) is 0 Å². The van der Waals surface area contributed by atoms with Gasteiger partial charge in [-0.1, -0.05) is 30.3 Å². The Kier molecular flexibility index (Phi) is 7.08. The maximum absolute atomic E-state index is 12.2. The molecule has 1 rings (SSSR count). The molecule has 0 fully saturated rings. The van der Waals surface area contributed by atoms with Crippen LogP contribution in [0.15, 0.2) is 30.3 Å². The summed E-state index contributed by atoms with van der Waals surface area (Å²) in [6.45, 7) is -0.0804. The van der Waals surface area contributed by atoms with Crippen LogP contribution >= 0.6 is 0 Å². The number of aliphatic carboxylic acids is 1. The average Bonchev–Trinajstić information content (AvgIpc) is 2.46. The number of amides is 2. The zero-order chi connectivity index (χ0) is 16.5. The van der Waals surface area contributed by atoms with Crippen LogP contribution in [-0.2, 0) is 20.9 Å². The zero-order valence-electron chi connectivity index (χ0n) is 13.0. The number of benzene rings is 1. The van der Waals surface area contributed by atoms with Crippen molar-refractivity contribution in [1.82, 2.24) is 9.80 Å². The fourth-order valence-corrected chi connectivity index (χ4v) is 1.97. The molecule has 0 aliphatic rings. The van der Waals surface area contributed by atoms with Gasteiger partial charge in [-0.2, -0.15) is 0 Å². The third-order valence-corrected chi connectivity index (χ3v) is 3.18. The van der Waals surface area contributed by atoms with Gasteiger partial charge in [0.25, 0.3) is 0 Å². The van der Waals surface area contributed by atoms with Gasteiger partial charge in [0, 0.05) is 33.5 Å². The highest BCUT2D eigenvalue weighted by Gasteiger charge is 2.17. The van der Waals surface area contributed by atoms with Crippen LogP contribution in [-0.4, -0.2) is 53.3 Å². The molecule has 1 aromatic carbocycles. The molecular weight excluding hydrogens is 284 g/mol. The normalized spacial score (nSPS) is 10.1. The van der Waals surface area contributed by atoms with Crippen molar-refractivity contribution in [1.29, 1.82) is 0 Å². The fraction of sp³-hybridized carbons (Fsp3) is 0.438. The van der Waals surface area contributed by atoms with Gasteiger partial charge < -0.3 is 14.9 Å². The number of nitrogens with zero attached hydrogens (tertiary/aromatic N) is 2. The summed E-state index contributed by atoms with van der Waals surface area (Å²) in [5, 5.41) is 8.94. The quantitative estimate of drug-likeness (QED) is 0.786. The van der Waals surface area contributed by atoms with Crippen LogP contribution in [0, 0.1) is 0 Å². The molecule has 0 radical (unpaired) electrons. The molecule has 0 atom stereocenters. The lowest BCUT2D eigenvalue weighted by molar-refractivity contribution is -0.145. The van der Waals surface area contributed by atoms with E-state index in [2.05, 4.69) is 0 Å². The molecule has 0 aromatic heterocycles. The molecule has 0 unspecified atom stereocenters. The van der Waals surface area contributed by atoms with Gasteiger partial charge in [-0.05, 0) is 12.0 Å². The molecule has 1 aromatic rings. The highest BCUT2D eigenvalue weighted by atomic mass is 16.4. The van der Waals surface area contributed by atoms with E-state index in [0.29, 0.717) is 6.42 Å². The lowest BCUT2D eigenvalue weighted by atomic mass is 10.1. The Labute approximate surface area is 130 Å². The molecular formula is C16H22N2O4. The Hall–Kier alpha value is -2.37. The van der Waals surface area contributed by atoms with Crippen molar-refractivity contribution in [3.8, 4) is 0 Å². The highest BCUT2D eigenvalue weighted by Crippen LogP contribution is 2.08. The highest BCUT2D eigenvalue weighted by molar-refractivity contribution is 5.82. The second-order valence-electron chi connectivity index (χ2n) is 5.27. The van der Waals surface area contributed by atoms with Gasteiger partial charge in [-0.25, -0.2) is 0 Å². The molecule has 0 aliphatic heterocycles. The third-order valence-electron chi connectivity index (χ3n) is 3.18. The van der Waals surface area contributed by atoms with E-state index in [0.717, 1.165) is 5.56 Å². The second kappa shape index (κ2) is 8.81. The average molecular weight is 306 g/mol. The summed E-state index contributed by atoms with van der Waals surface area (Å²) in [7, 11) is 3.33. The van der Waals surface area contributed by atoms with E-state index in [-0.39, 0.29) is 37.7 Å². The van der Waals surface area contributed by atoms with Crippen LogP contribution < -0.4 is 0 Å². The Morgan fingerprint density at radius 3 is 2.14 bits per heavy atom. The molecule has 2 amide bonds. The van der Waals surface area contributed by atoms with Crippen LogP contribution in [0.3, 0.4) is 0 Å². The maximum atomic E-state index is 12.2. The molecule has 0 spiro atoms. The minimum Gasteiger partial charge on any atom is -0.480 e. The van der Waals surface area contributed by atoms with E-state index < -0.39 is 5.97 Å². The maximum Gasteiger partial charge on any atom is 0.323 e. The number of hydrogen-bond donors (Lipinski definition) is 1. The minimum atomic E-state index is -1.05. The summed E-state index contributed by atoms with van der Waals surface area (Å²) < 4.78 is 0. The van der Waals surface area contributed by atoms with Crippen LogP contribution in [0.2, 0.25) is 0 Å². The predicted octanol–water partition coefficient (Wildman–Crippen LogP) is 1.36. The monoisotopic (exact) mass is 306 g/mol. The van der Waals surface area contributed by atoms with Crippen molar-refractivity contribution < 1.29 is 19.5 Å². The van der Waals surface area contributed by atoms with Gasteiger partial charge in [0.05, 0.1) is 0 Å². The van der Waals surface area contributed by atoms with Gasteiger partial charge in [0.2, 0.25) is 11.8 Å². The van der Waals surface area contributed by atoms with Crippen molar-refractivity contribution in [3.63, 3.8) is 0 Å². The van der Waals surface area contributed by atoms with Crippen LogP contribution in [0.5, 0.6) is 0 Å². The molecule has 0 bridgehead atoms. The van der Waals surface area contributed by atoms with Crippen molar-refractivity contribution >= 4 is 17.8 Å². The van der Waals surface area contributed by atoms with Crippen molar-refractivity contribution in [2.75, 3.05) is 20.6 Å². The van der Waals surface area contributed by atoms with E-state index in [1.807, 2.05) is 30.3 Å². The van der Waals surface area contributed by atoms with Crippen molar-refractivity contribution in [2.45, 2.75) is 25.8 Å². The SMILES string of the molecule is CN(C)C(=O)CCCC(=O)N(CC(=O)O)Cc1ccccc1. The smallest absolute Gasteiger partial charge is 0.323 e. The molecule has 22 heavy (non-hydrogen) atoms. The van der Waals surface area contributed by atoms with Gasteiger partial charge in [0.1, 0.15) is 6.54 Å². The Morgan fingerprint density at radius 2 is 1.59 bits per heavy atom. The Bertz CT molecular complexity index is 514. The topological polar surface area (TPSA) is 77.9 Å². The van der Waals surface area contributed by atoms with E-state index in [4.69, 9.17) is 5.11 Å². The number of carbonyl (C=O) groups excluding carboxylic acids is 2. The van der Waals surface area contributed by atoms with E-state index >= 15 is 0 Å². The number of carboxylic acids is 1. The minimum absolute atomic E-state index is 0.0411. The van der Waals surface area contributed by atoms with Gasteiger partial charge >= 0.3 is 5.97 Å². The molecule has 0 heterocycles. The summed E-state index contributed by atoms with van der Waals surface area (Å²) in [4.78, 5) is 37.3. The Balaban J connectivity index is 2.57. The molecule has 0 aliphatic carbocycles. The van der Waals surface area contributed by atoms with Crippen molar-refractivity contribution in [3.05, 3.63) is 35.9 Å². The van der Waals surface area contributed by atoms with E-state index in [1.165, 1.54) is 9.80 Å². The third kappa shape index (κ3) is 6.39. The van der Waals surface area contributed by atoms with Gasteiger partial charge in [-0.15, -0.1) is 0 Å². The standard InChI is InChI=1S/C16H22N2O4/c1-17(2)14(19)9-6-10-15(20)18(12-16(21)22)11-13-7-4-3-5-8-13/h3-5,7-8H,6,9-12H2,1-2H3,(H,21,22). The van der Waals surface area contributed by atoms with Gasteiger partial charge in [-0.3, -0.25) is 14.4 Å². The first-order valence-electron chi connectivity index (χ1n) is 7.13. The molecule has 0 saturated carbocycles. The van der Waals surface area contributed by atoms with Crippen molar-refractivity contribution in [2.24, 2.45) is 0 Å². The molecule has 120 valence electrons. The van der Waals surface area contributed by atoms with E-state index in [1.54, 1.807) is 14.1 Å². The predicted molar refractivity (Wildman–Crippen MR) is 82.0 cm³/mol. The number of hydrogen-bond acceptors (Lipinski definition) is 3. The first kappa shape index (κ1) is 17.7. The lowest BCUT2D eigenvalue weighted by Crippen LogP contribution is -2.35. The summed E-state index contributed by atoms with van der Waals surface area (Å²) in [5.41, 5.74) is 0.876. The number of rotatable bonds is 8. The molecule has 6 heteroatoms. The van der Waals surface area contributed by atoms with Crippen LogP contribution in [0.4, 0.5) is 0 Å². The van der Waals surface area contributed by atoms with Crippen LogP contribution in [0.1, 0.15) is 24.8 Å². The summed E-state index contributed by atoms with van der Waals surface area (Å²) >= 11 is 0.